The van der Waals surface area contributed by atoms with Gasteiger partial charge in [-0.25, -0.2) is 23.2 Å². The summed E-state index contributed by atoms with van der Waals surface area (Å²) in [5.41, 5.74) is 1.28. The lowest BCUT2D eigenvalue weighted by Gasteiger charge is -2.41. The fourth-order valence-electron chi connectivity index (χ4n) is 3.66. The van der Waals surface area contributed by atoms with Gasteiger partial charge in [0.05, 0.1) is 5.39 Å². The van der Waals surface area contributed by atoms with Crippen LogP contribution in [-0.2, 0) is 0 Å². The molecule has 10 heteroatoms. The van der Waals surface area contributed by atoms with Gasteiger partial charge < -0.3 is 20.7 Å². The first-order valence-electron chi connectivity index (χ1n) is 9.13. The highest BCUT2D eigenvalue weighted by Crippen LogP contribution is 2.33. The van der Waals surface area contributed by atoms with Gasteiger partial charge in [0.2, 0.25) is 5.43 Å². The molecular weight excluding hydrogens is 384 g/mol. The molecule has 0 atom stereocenters. The normalized spacial score (nSPS) is 14.4. The molecule has 1 fully saturated rings. The molecule has 8 nitrogen and oxygen atoms in total. The second-order valence-corrected chi connectivity index (χ2v) is 6.88. The third-order valence-corrected chi connectivity index (χ3v) is 5.09. The molecule has 3 aromatic rings. The Morgan fingerprint density at radius 3 is 2.69 bits per heavy atom. The van der Waals surface area contributed by atoms with E-state index in [1.165, 1.54) is 17.8 Å². The Hall–Kier alpha value is -3.27. The predicted octanol–water partition coefficient (Wildman–Crippen LogP) is 1.50. The van der Waals surface area contributed by atoms with Crippen molar-refractivity contribution in [1.82, 2.24) is 15.0 Å². The summed E-state index contributed by atoms with van der Waals surface area (Å²) in [6, 6.07) is 2.56. The van der Waals surface area contributed by atoms with Crippen LogP contribution in [0.25, 0.3) is 21.9 Å². The van der Waals surface area contributed by atoms with Crippen LogP contribution in [0.1, 0.15) is 17.3 Å². The Morgan fingerprint density at radius 1 is 1.34 bits per heavy atom. The lowest BCUT2D eigenvalue weighted by Crippen LogP contribution is -2.58. The zero-order valence-corrected chi connectivity index (χ0v) is 15.8. The summed E-state index contributed by atoms with van der Waals surface area (Å²) in [5, 5.41) is 12.5. The van der Waals surface area contributed by atoms with Gasteiger partial charge in [0.15, 0.2) is 11.5 Å². The zero-order valence-electron chi connectivity index (χ0n) is 15.8. The number of likely N-dealkylation sites (N-methyl/N-ethyl adjacent to an activating group) is 1. The molecule has 2 aromatic heterocycles. The zero-order chi connectivity index (χ0) is 20.9. The van der Waals surface area contributed by atoms with Crippen LogP contribution in [0.4, 0.5) is 14.5 Å². The second kappa shape index (κ2) is 6.96. The fraction of sp³-hybridized carbons (Fsp3) is 0.316. The Morgan fingerprint density at radius 2 is 2.07 bits per heavy atom. The van der Waals surface area contributed by atoms with Crippen molar-refractivity contribution in [3.8, 4) is 0 Å². The van der Waals surface area contributed by atoms with Crippen molar-refractivity contribution in [3.05, 3.63) is 45.8 Å². The maximum absolute atomic E-state index is 15.2. The molecule has 3 heterocycles. The number of benzene rings is 1. The number of rotatable bonds is 5. The molecule has 0 aliphatic carbocycles. The summed E-state index contributed by atoms with van der Waals surface area (Å²) in [5.74, 6) is -2.97. The lowest BCUT2D eigenvalue weighted by molar-refractivity contribution is 0.0695. The van der Waals surface area contributed by atoms with E-state index in [4.69, 9.17) is 0 Å². The first-order chi connectivity index (χ1) is 13.8. The maximum atomic E-state index is 15.2. The number of aromatic nitrogens is 2. The average Bonchev–Trinajstić information content (AvgIpc) is 2.65. The van der Waals surface area contributed by atoms with Gasteiger partial charge in [-0.1, -0.05) is 6.92 Å². The van der Waals surface area contributed by atoms with E-state index in [2.05, 4.69) is 15.7 Å². The third-order valence-electron chi connectivity index (χ3n) is 5.09. The highest BCUT2D eigenvalue weighted by atomic mass is 19.1. The van der Waals surface area contributed by atoms with Crippen molar-refractivity contribution in [2.45, 2.75) is 13.0 Å². The Bertz CT molecular complexity index is 1200. The first kappa shape index (κ1) is 19.1. The smallest absolute Gasteiger partial charge is 0.341 e. The largest absolute Gasteiger partial charge is 0.477 e. The summed E-state index contributed by atoms with van der Waals surface area (Å²) in [6.07, 6.45) is 1.09. The fourth-order valence-corrected chi connectivity index (χ4v) is 3.66. The number of aromatic carboxylic acids is 1. The van der Waals surface area contributed by atoms with E-state index in [0.29, 0.717) is 13.1 Å². The number of anilines is 1. The van der Waals surface area contributed by atoms with Gasteiger partial charge in [-0.15, -0.1) is 0 Å². The van der Waals surface area contributed by atoms with Crippen LogP contribution in [-0.4, -0.2) is 53.5 Å². The van der Waals surface area contributed by atoms with Gasteiger partial charge in [0.1, 0.15) is 22.6 Å². The van der Waals surface area contributed by atoms with Crippen LogP contribution in [0.2, 0.25) is 0 Å². The van der Waals surface area contributed by atoms with Crippen LogP contribution >= 0.6 is 0 Å². The van der Waals surface area contributed by atoms with Crippen LogP contribution in [0.3, 0.4) is 0 Å². The van der Waals surface area contributed by atoms with E-state index in [0.717, 1.165) is 18.8 Å². The molecule has 29 heavy (non-hydrogen) atoms. The van der Waals surface area contributed by atoms with E-state index < -0.39 is 28.6 Å². The molecule has 1 saturated heterocycles. The van der Waals surface area contributed by atoms with Gasteiger partial charge in [0, 0.05) is 37.8 Å². The van der Waals surface area contributed by atoms with Crippen molar-refractivity contribution < 1.29 is 18.7 Å². The number of pyridine rings is 2. The van der Waals surface area contributed by atoms with E-state index in [1.54, 1.807) is 4.90 Å². The molecule has 1 aromatic carbocycles. The molecule has 152 valence electrons. The minimum Gasteiger partial charge on any atom is -0.477 e. The quantitative estimate of drug-likeness (QED) is 0.555. The maximum Gasteiger partial charge on any atom is 0.341 e. The molecule has 1 aliphatic rings. The molecule has 0 spiro atoms. The Kier molecular flexibility index (Phi) is 4.58. The lowest BCUT2D eigenvalue weighted by atomic mass is 10.0. The van der Waals surface area contributed by atoms with Gasteiger partial charge >= 0.3 is 5.97 Å². The number of carboxylic acid groups (broad SMARTS) is 1. The highest BCUT2D eigenvalue weighted by molar-refractivity contribution is 5.97. The van der Waals surface area contributed by atoms with Crippen LogP contribution < -0.4 is 21.1 Å². The summed E-state index contributed by atoms with van der Waals surface area (Å²) < 4.78 is 31.1. The van der Waals surface area contributed by atoms with E-state index in [-0.39, 0.29) is 33.7 Å². The molecule has 1 aliphatic heterocycles. The molecule has 0 unspecified atom stereocenters. The molecule has 0 bridgehead atoms. The van der Waals surface area contributed by atoms with Gasteiger partial charge in [-0.3, -0.25) is 4.79 Å². The average molecular weight is 403 g/mol. The minimum atomic E-state index is -1.40. The van der Waals surface area contributed by atoms with Crippen molar-refractivity contribution in [1.29, 1.82) is 0 Å². The minimum absolute atomic E-state index is 0.0468. The number of nitrogens with one attached hydrogen (secondary N) is 2. The van der Waals surface area contributed by atoms with E-state index in [1.807, 2.05) is 6.92 Å². The summed E-state index contributed by atoms with van der Waals surface area (Å²) in [6.45, 7) is 3.69. The van der Waals surface area contributed by atoms with Crippen molar-refractivity contribution in [3.63, 3.8) is 0 Å². The molecule has 0 radical (unpaired) electrons. The summed E-state index contributed by atoms with van der Waals surface area (Å²) in [7, 11) is 1.51. The number of nitrogens with zero attached hydrogens (tertiary/aromatic N) is 3. The summed E-state index contributed by atoms with van der Waals surface area (Å²) in [4.78, 5) is 29.7. The van der Waals surface area contributed by atoms with Gasteiger partial charge in [-0.2, -0.15) is 0 Å². The topological polar surface area (TPSA) is 99.5 Å². The molecular formula is C19H19F2N5O3. The van der Waals surface area contributed by atoms with Crippen molar-refractivity contribution in [2.75, 3.05) is 37.0 Å². The number of fused-ring (bicyclic) bond motifs is 2. The Labute approximate surface area is 163 Å². The van der Waals surface area contributed by atoms with Crippen molar-refractivity contribution in [2.24, 2.45) is 0 Å². The summed E-state index contributed by atoms with van der Waals surface area (Å²) >= 11 is 0. The highest BCUT2D eigenvalue weighted by Gasteiger charge is 2.31. The SMILES string of the molecule is CCNC1CN(c2c(F)cc3cc4c(=O)c(C(=O)O)cn(NC)c4nc3c2F)C1. The number of carbonyl (C=O) groups is 1. The van der Waals surface area contributed by atoms with Gasteiger partial charge in [0.25, 0.3) is 0 Å². The number of hydrogen-bond donors (Lipinski definition) is 3. The third kappa shape index (κ3) is 2.96. The molecule has 0 saturated carbocycles. The number of halogens is 2. The Balaban J connectivity index is 1.93. The number of hydrogen-bond acceptors (Lipinski definition) is 6. The monoisotopic (exact) mass is 403 g/mol. The predicted molar refractivity (Wildman–Crippen MR) is 105 cm³/mol. The molecule has 3 N–H and O–H groups in total. The van der Waals surface area contributed by atoms with Crippen LogP contribution in [0.5, 0.6) is 0 Å². The standard InChI is InChI=1S/C19H19F2N5O3/c1-3-23-10-6-25(7-10)16-13(20)5-9-4-11-17(27)12(19(28)29)8-26(22-2)18(11)24-15(9)14(16)21/h4-5,8,10,22-23H,3,6-7H2,1-2H3,(H,28,29). The van der Waals surface area contributed by atoms with E-state index >= 15 is 4.39 Å². The first-order valence-corrected chi connectivity index (χ1v) is 9.13. The second-order valence-electron chi connectivity index (χ2n) is 6.88. The van der Waals surface area contributed by atoms with E-state index in [9.17, 15) is 19.1 Å². The van der Waals surface area contributed by atoms with Crippen LogP contribution in [0.15, 0.2) is 23.1 Å². The van der Waals surface area contributed by atoms with Crippen LogP contribution in [0, 0.1) is 11.6 Å². The molecule has 0 amide bonds. The van der Waals surface area contributed by atoms with Gasteiger partial charge in [-0.05, 0) is 18.7 Å². The van der Waals surface area contributed by atoms with Crippen molar-refractivity contribution >= 4 is 33.6 Å². The molecule has 4 rings (SSSR count). The number of carboxylic acids is 1.